The maximum absolute atomic E-state index is 4.43. The van der Waals surface area contributed by atoms with Crippen LogP contribution in [0.25, 0.3) is 11.4 Å². The summed E-state index contributed by atoms with van der Waals surface area (Å²) in [5.74, 6) is 1.83. The third-order valence-corrected chi connectivity index (χ3v) is 3.17. The van der Waals surface area contributed by atoms with Crippen molar-refractivity contribution >= 4 is 0 Å². The first-order valence-corrected chi connectivity index (χ1v) is 7.50. The molecule has 2 aromatic rings. The number of nitrogens with zero attached hydrogens (tertiary/aromatic N) is 2. The van der Waals surface area contributed by atoms with E-state index in [1.54, 1.807) is 0 Å². The van der Waals surface area contributed by atoms with E-state index in [0.29, 0.717) is 11.8 Å². The van der Waals surface area contributed by atoms with Gasteiger partial charge in [0.15, 0.2) is 5.82 Å². The van der Waals surface area contributed by atoms with E-state index in [0.717, 1.165) is 11.4 Å². The first-order chi connectivity index (χ1) is 9.58. The summed E-state index contributed by atoms with van der Waals surface area (Å²) in [4.78, 5) is 8.87. The Balaban J connectivity index is 0.000000956. The Morgan fingerprint density at radius 1 is 0.700 bits per heavy atom. The Morgan fingerprint density at radius 3 is 1.55 bits per heavy atom. The zero-order valence-corrected chi connectivity index (χ0v) is 13.5. The van der Waals surface area contributed by atoms with E-state index in [-0.39, 0.29) is 0 Å². The Hall–Kier alpha value is -1.70. The molecule has 1 heterocycles. The predicted molar refractivity (Wildman–Crippen MR) is 87.0 cm³/mol. The quantitative estimate of drug-likeness (QED) is 0.744. The normalized spacial score (nSPS) is 10.4. The molecule has 2 heteroatoms. The fraction of sp³-hybridized carbons (Fsp3) is 0.444. The van der Waals surface area contributed by atoms with Gasteiger partial charge in [-0.2, -0.15) is 0 Å². The maximum Gasteiger partial charge on any atom is 0.159 e. The highest BCUT2D eigenvalue weighted by molar-refractivity contribution is 5.55. The number of hydrogen-bond donors (Lipinski definition) is 0. The molecule has 0 saturated carbocycles. The second-order valence-electron chi connectivity index (χ2n) is 5.27. The van der Waals surface area contributed by atoms with Gasteiger partial charge in [0, 0.05) is 18.0 Å². The minimum Gasteiger partial charge on any atom is -0.236 e. The molecule has 0 aliphatic carbocycles. The van der Waals surface area contributed by atoms with Gasteiger partial charge in [0.2, 0.25) is 0 Å². The van der Waals surface area contributed by atoms with Gasteiger partial charge in [0.25, 0.3) is 0 Å². The first kappa shape index (κ1) is 16.4. The Morgan fingerprint density at radius 2 is 1.15 bits per heavy atom. The summed E-state index contributed by atoms with van der Waals surface area (Å²) in [6.07, 6.45) is 3.84. The summed E-state index contributed by atoms with van der Waals surface area (Å²) in [5, 5.41) is 0. The van der Waals surface area contributed by atoms with Gasteiger partial charge in [0.05, 0.1) is 0 Å². The fourth-order valence-electron chi connectivity index (χ4n) is 1.80. The molecule has 0 aliphatic heterocycles. The van der Waals surface area contributed by atoms with Crippen LogP contribution in [0, 0.1) is 0 Å². The topological polar surface area (TPSA) is 25.8 Å². The lowest BCUT2D eigenvalue weighted by molar-refractivity contribution is 0.847. The van der Waals surface area contributed by atoms with Crippen molar-refractivity contribution in [1.82, 2.24) is 9.97 Å². The van der Waals surface area contributed by atoms with Crippen molar-refractivity contribution < 1.29 is 0 Å². The number of benzene rings is 1. The molecule has 0 atom stereocenters. The highest BCUT2D eigenvalue weighted by Gasteiger charge is 2.05. The number of hydrogen-bond acceptors (Lipinski definition) is 2. The standard InChI is InChI=1S/C16H20N2.C2H6/c1-11(2)13-5-7-14(8-6-13)16-17-9-15(10-18-16)12(3)4;1-2/h5-12H,1-4H3;1-2H3. The molecule has 20 heavy (non-hydrogen) atoms. The van der Waals surface area contributed by atoms with Crippen LogP contribution in [-0.4, -0.2) is 9.97 Å². The van der Waals surface area contributed by atoms with E-state index in [9.17, 15) is 0 Å². The Bertz CT molecular complexity index is 446. The molecule has 0 amide bonds. The minimum atomic E-state index is 0.474. The van der Waals surface area contributed by atoms with E-state index < -0.39 is 0 Å². The SMILES string of the molecule is CC.CC(C)c1ccc(-c2ncc(C(C)C)cn2)cc1. The van der Waals surface area contributed by atoms with Crippen molar-refractivity contribution in [2.24, 2.45) is 0 Å². The van der Waals surface area contributed by atoms with Gasteiger partial charge in [-0.3, -0.25) is 0 Å². The second-order valence-corrected chi connectivity index (χ2v) is 5.27. The van der Waals surface area contributed by atoms with Gasteiger partial charge < -0.3 is 0 Å². The summed E-state index contributed by atoms with van der Waals surface area (Å²) in [6, 6.07) is 8.50. The fourth-order valence-corrected chi connectivity index (χ4v) is 1.80. The highest BCUT2D eigenvalue weighted by Crippen LogP contribution is 2.20. The maximum atomic E-state index is 4.43. The van der Waals surface area contributed by atoms with Crippen LogP contribution < -0.4 is 0 Å². The van der Waals surface area contributed by atoms with Crippen LogP contribution >= 0.6 is 0 Å². The molecule has 0 N–H and O–H groups in total. The van der Waals surface area contributed by atoms with Crippen LogP contribution in [-0.2, 0) is 0 Å². The summed E-state index contributed by atoms with van der Waals surface area (Å²) in [7, 11) is 0. The van der Waals surface area contributed by atoms with Gasteiger partial charge in [-0.25, -0.2) is 9.97 Å². The van der Waals surface area contributed by atoms with Crippen molar-refractivity contribution in [3.05, 3.63) is 47.8 Å². The highest BCUT2D eigenvalue weighted by atomic mass is 14.9. The zero-order chi connectivity index (χ0) is 15.1. The largest absolute Gasteiger partial charge is 0.236 e. The molecule has 0 aliphatic rings. The second kappa shape index (κ2) is 7.78. The molecule has 0 spiro atoms. The molecule has 0 saturated heterocycles. The summed E-state index contributed by atoms with van der Waals surface area (Å²) >= 11 is 0. The molecule has 1 aromatic carbocycles. The third kappa shape index (κ3) is 4.16. The van der Waals surface area contributed by atoms with Crippen LogP contribution in [0.1, 0.15) is 64.5 Å². The monoisotopic (exact) mass is 270 g/mol. The molecule has 0 unspecified atom stereocenters. The molecule has 2 nitrogen and oxygen atoms in total. The van der Waals surface area contributed by atoms with Gasteiger partial charge in [-0.1, -0.05) is 65.8 Å². The summed E-state index contributed by atoms with van der Waals surface area (Å²) in [5.41, 5.74) is 3.60. The average Bonchev–Trinajstić information content (AvgIpc) is 2.49. The van der Waals surface area contributed by atoms with E-state index >= 15 is 0 Å². The van der Waals surface area contributed by atoms with Crippen LogP contribution in [0.5, 0.6) is 0 Å². The molecule has 1 aromatic heterocycles. The van der Waals surface area contributed by atoms with Crippen LogP contribution in [0.15, 0.2) is 36.7 Å². The molecule has 108 valence electrons. The van der Waals surface area contributed by atoms with Gasteiger partial charge in [-0.05, 0) is 23.0 Å². The summed E-state index contributed by atoms with van der Waals surface area (Å²) < 4.78 is 0. The predicted octanol–water partition coefficient (Wildman–Crippen LogP) is 5.42. The van der Waals surface area contributed by atoms with Gasteiger partial charge in [0.1, 0.15) is 0 Å². The molecule has 2 rings (SSSR count). The third-order valence-electron chi connectivity index (χ3n) is 3.17. The minimum absolute atomic E-state index is 0.474. The van der Waals surface area contributed by atoms with Crippen LogP contribution in [0.4, 0.5) is 0 Å². The lowest BCUT2D eigenvalue weighted by atomic mass is 10.0. The molecular formula is C18H26N2. The Labute approximate surface area is 123 Å². The van der Waals surface area contributed by atoms with Crippen molar-refractivity contribution in [3.63, 3.8) is 0 Å². The molecule has 0 radical (unpaired) electrons. The zero-order valence-electron chi connectivity index (χ0n) is 13.5. The molecule has 0 fully saturated rings. The van der Waals surface area contributed by atoms with Crippen LogP contribution in [0.3, 0.4) is 0 Å². The van der Waals surface area contributed by atoms with Gasteiger partial charge in [-0.15, -0.1) is 0 Å². The van der Waals surface area contributed by atoms with Crippen molar-refractivity contribution in [3.8, 4) is 11.4 Å². The molecular weight excluding hydrogens is 244 g/mol. The van der Waals surface area contributed by atoms with E-state index in [2.05, 4.69) is 61.9 Å². The van der Waals surface area contributed by atoms with E-state index in [1.165, 1.54) is 11.1 Å². The van der Waals surface area contributed by atoms with Crippen molar-refractivity contribution in [1.29, 1.82) is 0 Å². The van der Waals surface area contributed by atoms with Crippen LogP contribution in [0.2, 0.25) is 0 Å². The average molecular weight is 270 g/mol. The molecule has 0 bridgehead atoms. The number of aromatic nitrogens is 2. The van der Waals surface area contributed by atoms with E-state index in [1.807, 2.05) is 26.2 Å². The lowest BCUT2D eigenvalue weighted by Gasteiger charge is -2.07. The van der Waals surface area contributed by atoms with Gasteiger partial charge >= 0.3 is 0 Å². The van der Waals surface area contributed by atoms with Crippen molar-refractivity contribution in [2.75, 3.05) is 0 Å². The Kier molecular flexibility index (Phi) is 6.37. The van der Waals surface area contributed by atoms with E-state index in [4.69, 9.17) is 0 Å². The van der Waals surface area contributed by atoms with Crippen molar-refractivity contribution in [2.45, 2.75) is 53.4 Å². The lowest BCUT2D eigenvalue weighted by Crippen LogP contribution is -1.94. The number of rotatable bonds is 3. The first-order valence-electron chi connectivity index (χ1n) is 7.50. The smallest absolute Gasteiger partial charge is 0.159 e. The summed E-state index contributed by atoms with van der Waals surface area (Å²) in [6.45, 7) is 12.7.